The van der Waals surface area contributed by atoms with Gasteiger partial charge in [-0.05, 0) is 42.1 Å². The molecule has 1 unspecified atom stereocenters. The minimum atomic E-state index is -2.78. The van der Waals surface area contributed by atoms with E-state index in [1.165, 1.54) is 7.11 Å². The van der Waals surface area contributed by atoms with Crippen molar-refractivity contribution in [3.05, 3.63) is 30.3 Å². The molecule has 1 N–H and O–H groups in total. The standard InChI is InChI=1S/C10H13ClNO3PS/c1-8(10(13)14-2)12-16(11,17)15-9-6-4-3-5-7-9/h3-8H,1-2H3,(H,12,17)/t8-,16?/m0/s1. The highest BCUT2D eigenvalue weighted by molar-refractivity contribution is 8.23. The molecule has 0 spiro atoms. The summed E-state index contributed by atoms with van der Waals surface area (Å²) in [5.74, 6) is -2.65. The van der Waals surface area contributed by atoms with E-state index in [1.807, 2.05) is 18.2 Å². The Bertz CT molecular complexity index is 429. The summed E-state index contributed by atoms with van der Waals surface area (Å²) >= 11 is 11.2. The average molecular weight is 294 g/mol. The van der Waals surface area contributed by atoms with Crippen molar-refractivity contribution in [1.29, 1.82) is 0 Å². The van der Waals surface area contributed by atoms with Crippen LogP contribution in [0.2, 0.25) is 0 Å². The summed E-state index contributed by atoms with van der Waals surface area (Å²) in [7, 11) is 1.30. The molecule has 1 aromatic rings. The number of methoxy groups -OCH3 is 1. The summed E-state index contributed by atoms with van der Waals surface area (Å²) in [5.41, 5.74) is 0. The van der Waals surface area contributed by atoms with Crippen LogP contribution in [0, 0.1) is 0 Å². The van der Waals surface area contributed by atoms with Crippen LogP contribution < -0.4 is 9.61 Å². The molecule has 7 heteroatoms. The number of benzene rings is 1. The molecule has 1 aromatic carbocycles. The normalized spacial score (nSPS) is 15.7. The van der Waals surface area contributed by atoms with Crippen LogP contribution in [0.5, 0.6) is 5.75 Å². The van der Waals surface area contributed by atoms with Crippen LogP contribution >= 0.6 is 17.0 Å². The molecule has 0 aliphatic heterocycles. The van der Waals surface area contributed by atoms with Crippen molar-refractivity contribution in [1.82, 2.24) is 5.09 Å². The number of carbonyl (C=O) groups is 1. The summed E-state index contributed by atoms with van der Waals surface area (Å²) in [4.78, 5) is 11.2. The third-order valence-electron chi connectivity index (χ3n) is 1.87. The van der Waals surface area contributed by atoms with Gasteiger partial charge < -0.3 is 9.26 Å². The molecular weight excluding hydrogens is 281 g/mol. The number of esters is 1. The number of halogens is 1. The minimum Gasteiger partial charge on any atom is -0.468 e. The van der Waals surface area contributed by atoms with Crippen molar-refractivity contribution >= 4 is 34.8 Å². The Kier molecular flexibility index (Phi) is 5.40. The zero-order chi connectivity index (χ0) is 12.9. The maximum absolute atomic E-state index is 11.2. The van der Waals surface area contributed by atoms with Gasteiger partial charge in [0.2, 0.25) is 0 Å². The fourth-order valence-electron chi connectivity index (χ4n) is 1.10. The third kappa shape index (κ3) is 5.04. The maximum atomic E-state index is 11.2. The lowest BCUT2D eigenvalue weighted by molar-refractivity contribution is -0.142. The number of nitrogens with one attached hydrogen (secondary N) is 1. The Balaban J connectivity index is 2.63. The summed E-state index contributed by atoms with van der Waals surface area (Å²) in [6, 6.07) is 8.36. The second-order valence-electron chi connectivity index (χ2n) is 3.26. The SMILES string of the molecule is COC(=O)[C@H](C)NP(=S)(Cl)Oc1ccccc1. The van der Waals surface area contributed by atoms with E-state index in [9.17, 15) is 4.79 Å². The van der Waals surface area contributed by atoms with E-state index in [-0.39, 0.29) is 0 Å². The third-order valence-corrected chi connectivity index (χ3v) is 4.05. The van der Waals surface area contributed by atoms with Gasteiger partial charge in [-0.3, -0.25) is 4.79 Å². The minimum absolute atomic E-state index is 0.434. The van der Waals surface area contributed by atoms with Crippen molar-refractivity contribution in [2.45, 2.75) is 13.0 Å². The number of ether oxygens (including phenoxy) is 1. The van der Waals surface area contributed by atoms with E-state index < -0.39 is 17.8 Å². The molecule has 17 heavy (non-hydrogen) atoms. The Morgan fingerprint density at radius 1 is 1.47 bits per heavy atom. The first kappa shape index (κ1) is 14.5. The predicted molar refractivity (Wildman–Crippen MR) is 71.8 cm³/mol. The van der Waals surface area contributed by atoms with Crippen LogP contribution in [0.25, 0.3) is 0 Å². The number of hydrogen-bond acceptors (Lipinski definition) is 4. The smallest absolute Gasteiger partial charge is 0.323 e. The van der Waals surface area contributed by atoms with Gasteiger partial charge in [-0.1, -0.05) is 18.2 Å². The number of carbonyl (C=O) groups excluding carboxylic acids is 1. The molecule has 0 aromatic heterocycles. The number of rotatable bonds is 5. The van der Waals surface area contributed by atoms with Crippen molar-refractivity contribution in [2.24, 2.45) is 0 Å². The van der Waals surface area contributed by atoms with Crippen molar-refractivity contribution in [3.63, 3.8) is 0 Å². The van der Waals surface area contributed by atoms with Crippen molar-refractivity contribution in [3.8, 4) is 5.75 Å². The fourth-order valence-corrected chi connectivity index (χ4v) is 3.53. The van der Waals surface area contributed by atoms with Gasteiger partial charge >= 0.3 is 5.97 Å². The highest BCUT2D eigenvalue weighted by Gasteiger charge is 2.23. The van der Waals surface area contributed by atoms with Gasteiger partial charge in [-0.25, -0.2) is 5.09 Å². The molecule has 1 rings (SSSR count). The molecule has 0 saturated heterocycles. The van der Waals surface area contributed by atoms with Crippen LogP contribution in [0.15, 0.2) is 30.3 Å². The second kappa shape index (κ2) is 6.36. The number of para-hydroxylation sites is 1. The fraction of sp³-hybridized carbons (Fsp3) is 0.300. The van der Waals surface area contributed by atoms with Crippen LogP contribution in [-0.2, 0) is 21.3 Å². The summed E-state index contributed by atoms with van der Waals surface area (Å²) < 4.78 is 10.0. The van der Waals surface area contributed by atoms with Gasteiger partial charge in [0.25, 0.3) is 5.77 Å². The first-order valence-electron chi connectivity index (χ1n) is 4.84. The van der Waals surface area contributed by atoms with Crippen LogP contribution in [0.3, 0.4) is 0 Å². The molecule has 2 atom stereocenters. The molecule has 4 nitrogen and oxygen atoms in total. The maximum Gasteiger partial charge on any atom is 0.323 e. The summed E-state index contributed by atoms with van der Waals surface area (Å²) in [6.45, 7) is 1.61. The average Bonchev–Trinajstić information content (AvgIpc) is 2.27. The Morgan fingerprint density at radius 2 is 2.06 bits per heavy atom. The summed E-state index contributed by atoms with van der Waals surface area (Å²) in [6.07, 6.45) is 0. The number of hydrogen-bond donors (Lipinski definition) is 1. The largest absolute Gasteiger partial charge is 0.468 e. The van der Waals surface area contributed by atoms with Gasteiger partial charge in [0.1, 0.15) is 11.8 Å². The van der Waals surface area contributed by atoms with Crippen LogP contribution in [-0.4, -0.2) is 19.1 Å². The molecule has 94 valence electrons. The van der Waals surface area contributed by atoms with Gasteiger partial charge in [-0.15, -0.1) is 0 Å². The van der Waals surface area contributed by atoms with E-state index >= 15 is 0 Å². The lowest BCUT2D eigenvalue weighted by Crippen LogP contribution is -2.32. The highest BCUT2D eigenvalue weighted by atomic mass is 35.7. The zero-order valence-electron chi connectivity index (χ0n) is 9.42. The molecule has 0 heterocycles. The molecule has 0 radical (unpaired) electrons. The molecule has 0 aliphatic carbocycles. The van der Waals surface area contributed by atoms with Gasteiger partial charge in [0.05, 0.1) is 7.11 Å². The van der Waals surface area contributed by atoms with E-state index in [0.717, 1.165) is 0 Å². The molecule has 0 aliphatic rings. The lowest BCUT2D eigenvalue weighted by Gasteiger charge is -2.20. The van der Waals surface area contributed by atoms with E-state index in [4.69, 9.17) is 27.6 Å². The molecule has 0 fully saturated rings. The Morgan fingerprint density at radius 3 is 2.59 bits per heavy atom. The van der Waals surface area contributed by atoms with Gasteiger partial charge in [-0.2, -0.15) is 0 Å². The van der Waals surface area contributed by atoms with Crippen LogP contribution in [0.1, 0.15) is 6.92 Å². The first-order valence-corrected chi connectivity index (χ1v) is 8.47. The van der Waals surface area contributed by atoms with Gasteiger partial charge in [0.15, 0.2) is 0 Å². The molecule has 0 amide bonds. The van der Waals surface area contributed by atoms with E-state index in [2.05, 4.69) is 9.82 Å². The van der Waals surface area contributed by atoms with E-state index in [1.54, 1.807) is 19.1 Å². The second-order valence-corrected chi connectivity index (χ2v) is 8.23. The van der Waals surface area contributed by atoms with Gasteiger partial charge in [0, 0.05) is 0 Å². The Hall–Kier alpha value is -0.610. The Labute approximate surface area is 110 Å². The quantitative estimate of drug-likeness (QED) is 0.668. The topological polar surface area (TPSA) is 47.6 Å². The highest BCUT2D eigenvalue weighted by Crippen LogP contribution is 2.48. The lowest BCUT2D eigenvalue weighted by atomic mass is 10.3. The zero-order valence-corrected chi connectivity index (χ0v) is 11.9. The predicted octanol–water partition coefficient (Wildman–Crippen LogP) is 2.68. The molecule has 0 saturated carbocycles. The van der Waals surface area contributed by atoms with Crippen LogP contribution in [0.4, 0.5) is 0 Å². The van der Waals surface area contributed by atoms with Crippen molar-refractivity contribution in [2.75, 3.05) is 7.11 Å². The summed E-state index contributed by atoms with van der Waals surface area (Å²) in [5, 5.41) is 2.75. The molecular formula is C10H13ClNO3PS. The van der Waals surface area contributed by atoms with Crippen molar-refractivity contribution < 1.29 is 14.1 Å². The monoisotopic (exact) mass is 293 g/mol. The first-order chi connectivity index (χ1) is 7.94. The molecule has 0 bridgehead atoms. The van der Waals surface area contributed by atoms with E-state index in [0.29, 0.717) is 5.75 Å².